The molecule has 2 aliphatic rings. The lowest BCUT2D eigenvalue weighted by Gasteiger charge is -2.38. The first-order valence-corrected chi connectivity index (χ1v) is 12.4. The SMILES string of the molecule is Cc1cccc(CN2c3ccccc3C3=C([C@H](c4ccccc4Cl)C(C#N)=C(N)O3)S2(=O)=O)c1. The molecule has 0 saturated carbocycles. The maximum Gasteiger partial charge on any atom is 0.265 e. The Labute approximate surface area is 203 Å². The van der Waals surface area contributed by atoms with E-state index in [1.165, 1.54) is 4.31 Å². The van der Waals surface area contributed by atoms with Gasteiger partial charge in [-0.3, -0.25) is 4.31 Å². The van der Waals surface area contributed by atoms with Crippen LogP contribution in [0, 0.1) is 18.3 Å². The third-order valence-corrected chi connectivity index (χ3v) is 8.21. The van der Waals surface area contributed by atoms with Gasteiger partial charge >= 0.3 is 0 Å². The number of fused-ring (bicyclic) bond motifs is 2. The quantitative estimate of drug-likeness (QED) is 0.547. The third-order valence-electron chi connectivity index (χ3n) is 5.98. The zero-order valence-electron chi connectivity index (χ0n) is 18.2. The fraction of sp³-hybridized carbons (Fsp3) is 0.115. The Bertz CT molecular complexity index is 1540. The Morgan fingerprint density at radius 1 is 1.09 bits per heavy atom. The Morgan fingerprint density at radius 2 is 1.82 bits per heavy atom. The van der Waals surface area contributed by atoms with Gasteiger partial charge in [0.1, 0.15) is 16.5 Å². The van der Waals surface area contributed by atoms with Crippen molar-refractivity contribution in [3.8, 4) is 6.07 Å². The van der Waals surface area contributed by atoms with Crippen LogP contribution in [0.15, 0.2) is 89.2 Å². The molecule has 0 saturated heterocycles. The number of hydrogen-bond acceptors (Lipinski definition) is 5. The number of benzene rings is 3. The molecule has 0 unspecified atom stereocenters. The second-order valence-electron chi connectivity index (χ2n) is 8.16. The average molecular weight is 490 g/mol. The number of ether oxygens (including phenoxy) is 1. The van der Waals surface area contributed by atoms with Crippen molar-refractivity contribution in [3.63, 3.8) is 0 Å². The number of para-hydroxylation sites is 1. The van der Waals surface area contributed by atoms with Gasteiger partial charge in [0, 0.05) is 10.6 Å². The van der Waals surface area contributed by atoms with Crippen molar-refractivity contribution in [2.45, 2.75) is 19.4 Å². The molecule has 2 heterocycles. The molecule has 1 atom stereocenters. The summed E-state index contributed by atoms with van der Waals surface area (Å²) < 4.78 is 35.7. The molecule has 5 rings (SSSR count). The van der Waals surface area contributed by atoms with Crippen molar-refractivity contribution in [3.05, 3.63) is 116 Å². The van der Waals surface area contributed by atoms with Crippen molar-refractivity contribution in [1.82, 2.24) is 0 Å². The van der Waals surface area contributed by atoms with E-state index in [9.17, 15) is 13.7 Å². The highest BCUT2D eigenvalue weighted by atomic mass is 35.5. The van der Waals surface area contributed by atoms with Crippen molar-refractivity contribution >= 4 is 33.1 Å². The monoisotopic (exact) mass is 489 g/mol. The number of anilines is 1. The van der Waals surface area contributed by atoms with E-state index in [2.05, 4.69) is 6.07 Å². The summed E-state index contributed by atoms with van der Waals surface area (Å²) in [6.45, 7) is 2.08. The topological polar surface area (TPSA) is 96.4 Å². The summed E-state index contributed by atoms with van der Waals surface area (Å²) in [5.41, 5.74) is 9.54. The van der Waals surface area contributed by atoms with Crippen molar-refractivity contribution in [2.24, 2.45) is 5.73 Å². The fourth-order valence-electron chi connectivity index (χ4n) is 4.48. The van der Waals surface area contributed by atoms with Crippen molar-refractivity contribution in [2.75, 3.05) is 4.31 Å². The van der Waals surface area contributed by atoms with E-state index < -0.39 is 15.9 Å². The maximum atomic E-state index is 14.2. The van der Waals surface area contributed by atoms with E-state index in [1.807, 2.05) is 31.2 Å². The summed E-state index contributed by atoms with van der Waals surface area (Å²) in [5, 5.41) is 10.3. The van der Waals surface area contributed by atoms with Crippen LogP contribution in [-0.2, 0) is 21.3 Å². The molecule has 2 aliphatic heterocycles. The predicted molar refractivity (Wildman–Crippen MR) is 132 cm³/mol. The largest absolute Gasteiger partial charge is 0.439 e. The van der Waals surface area contributed by atoms with E-state index in [0.717, 1.165) is 11.1 Å². The Hall–Kier alpha value is -3.73. The number of rotatable bonds is 3. The molecule has 0 aromatic heterocycles. The molecule has 2 N–H and O–H groups in total. The number of allylic oxidation sites excluding steroid dienone is 2. The van der Waals surface area contributed by atoms with Gasteiger partial charge in [0.05, 0.1) is 18.2 Å². The lowest BCUT2D eigenvalue weighted by molar-refractivity contribution is 0.357. The first kappa shape index (κ1) is 22.1. The molecule has 0 spiro atoms. The minimum Gasteiger partial charge on any atom is -0.439 e. The van der Waals surface area contributed by atoms with E-state index in [-0.39, 0.29) is 28.7 Å². The number of hydrogen-bond donors (Lipinski definition) is 1. The lowest BCUT2D eigenvalue weighted by Crippen LogP contribution is -2.39. The molecule has 3 aromatic carbocycles. The van der Waals surface area contributed by atoms with Crippen LogP contribution in [0.4, 0.5) is 5.69 Å². The molecule has 3 aromatic rings. The minimum absolute atomic E-state index is 0.00492. The first-order chi connectivity index (χ1) is 16.3. The van der Waals surface area contributed by atoms with Gasteiger partial charge in [0.25, 0.3) is 10.0 Å². The van der Waals surface area contributed by atoms with Gasteiger partial charge < -0.3 is 10.5 Å². The van der Waals surface area contributed by atoms with Crippen LogP contribution in [0.5, 0.6) is 0 Å². The highest BCUT2D eigenvalue weighted by Gasteiger charge is 2.47. The number of nitriles is 1. The zero-order chi connectivity index (χ0) is 24.0. The van der Waals surface area contributed by atoms with Gasteiger partial charge in [-0.05, 0) is 36.2 Å². The van der Waals surface area contributed by atoms with Crippen LogP contribution in [0.25, 0.3) is 5.76 Å². The molecule has 8 heteroatoms. The summed E-state index contributed by atoms with van der Waals surface area (Å²) in [7, 11) is -4.14. The Kier molecular flexibility index (Phi) is 5.35. The predicted octanol–water partition coefficient (Wildman–Crippen LogP) is 5.17. The first-order valence-electron chi connectivity index (χ1n) is 10.6. The minimum atomic E-state index is -4.14. The number of aryl methyl sites for hydroxylation is 1. The second-order valence-corrected chi connectivity index (χ2v) is 10.4. The normalized spacial score (nSPS) is 18.6. The van der Waals surface area contributed by atoms with Gasteiger partial charge in [-0.25, -0.2) is 8.42 Å². The van der Waals surface area contributed by atoms with E-state index in [1.54, 1.807) is 48.5 Å². The van der Waals surface area contributed by atoms with Crippen LogP contribution in [0.2, 0.25) is 5.02 Å². The van der Waals surface area contributed by atoms with Gasteiger partial charge in [0.15, 0.2) is 5.76 Å². The van der Waals surface area contributed by atoms with Crippen LogP contribution in [0.1, 0.15) is 28.2 Å². The molecular formula is C26H20ClN3O3S. The average Bonchev–Trinajstić information content (AvgIpc) is 2.81. The van der Waals surface area contributed by atoms with E-state index in [0.29, 0.717) is 21.8 Å². The lowest BCUT2D eigenvalue weighted by atomic mass is 9.88. The molecule has 0 aliphatic carbocycles. The van der Waals surface area contributed by atoms with Gasteiger partial charge in [-0.15, -0.1) is 0 Å². The standard InChI is InChI=1S/C26H20ClN3O3S/c1-16-7-6-8-17(13-16)15-30-22-12-5-3-10-19(22)24-25(34(30,31)32)23(20(14-28)26(29)33-24)18-9-2-4-11-21(18)27/h2-13,23H,15,29H2,1H3/t23-/m1/s1. The summed E-state index contributed by atoms with van der Waals surface area (Å²) >= 11 is 6.49. The molecular weight excluding hydrogens is 470 g/mol. The summed E-state index contributed by atoms with van der Waals surface area (Å²) in [6.07, 6.45) is 0. The van der Waals surface area contributed by atoms with E-state index >= 15 is 0 Å². The van der Waals surface area contributed by atoms with E-state index in [4.69, 9.17) is 22.1 Å². The Morgan fingerprint density at radius 3 is 2.56 bits per heavy atom. The molecule has 6 nitrogen and oxygen atoms in total. The van der Waals surface area contributed by atoms with Crippen LogP contribution < -0.4 is 10.0 Å². The van der Waals surface area contributed by atoms with Crippen LogP contribution in [-0.4, -0.2) is 8.42 Å². The molecule has 0 fully saturated rings. The van der Waals surface area contributed by atoms with Crippen molar-refractivity contribution in [1.29, 1.82) is 5.26 Å². The summed E-state index contributed by atoms with van der Waals surface area (Å²) in [6, 6.07) is 23.7. The molecule has 0 bridgehead atoms. The smallest absolute Gasteiger partial charge is 0.265 e. The maximum absolute atomic E-state index is 14.2. The van der Waals surface area contributed by atoms with Crippen LogP contribution in [0.3, 0.4) is 0 Å². The number of nitrogens with two attached hydrogens (primary N) is 1. The third kappa shape index (κ3) is 3.43. The highest BCUT2D eigenvalue weighted by Crippen LogP contribution is 2.52. The highest BCUT2D eigenvalue weighted by molar-refractivity contribution is 7.96. The molecule has 34 heavy (non-hydrogen) atoms. The molecule has 0 amide bonds. The summed E-state index contributed by atoms with van der Waals surface area (Å²) in [5.74, 6) is -1.01. The van der Waals surface area contributed by atoms with Gasteiger partial charge in [-0.2, -0.15) is 5.26 Å². The summed E-state index contributed by atoms with van der Waals surface area (Å²) in [4.78, 5) is -0.0438. The Balaban J connectivity index is 1.78. The van der Waals surface area contributed by atoms with Crippen molar-refractivity contribution < 1.29 is 13.2 Å². The number of sulfonamides is 1. The van der Waals surface area contributed by atoms with Gasteiger partial charge in [-0.1, -0.05) is 71.8 Å². The fourth-order valence-corrected chi connectivity index (χ4v) is 6.62. The van der Waals surface area contributed by atoms with Gasteiger partial charge in [0.2, 0.25) is 5.88 Å². The number of nitrogens with zero attached hydrogens (tertiary/aromatic N) is 2. The zero-order valence-corrected chi connectivity index (χ0v) is 19.8. The second kappa shape index (κ2) is 8.24. The van der Waals surface area contributed by atoms with Crippen LogP contribution >= 0.6 is 11.6 Å². The molecule has 0 radical (unpaired) electrons. The number of halogens is 1. The molecule has 170 valence electrons.